The van der Waals surface area contributed by atoms with Crippen molar-refractivity contribution in [1.29, 1.82) is 0 Å². The quantitative estimate of drug-likeness (QED) is 0.727. The maximum Gasteiger partial charge on any atom is 0.192 e. The molecule has 0 aromatic carbocycles. The Morgan fingerprint density at radius 2 is 1.87 bits per heavy atom. The van der Waals surface area contributed by atoms with Crippen LogP contribution in [0.4, 0.5) is 0 Å². The fraction of sp³-hybridized carbons (Fsp3) is 0.842. The minimum Gasteiger partial charge on any atom is -0.413 e. The van der Waals surface area contributed by atoms with Gasteiger partial charge >= 0.3 is 0 Å². The number of aliphatic hydroxyl groups is 1. The predicted octanol–water partition coefficient (Wildman–Crippen LogP) is 4.85. The van der Waals surface area contributed by atoms with Crippen molar-refractivity contribution in [3.05, 3.63) is 11.1 Å². The number of rotatable bonds is 5. The van der Waals surface area contributed by atoms with Crippen molar-refractivity contribution in [1.82, 2.24) is 0 Å². The average Bonchev–Trinajstić information content (AvgIpc) is 2.33. The van der Waals surface area contributed by atoms with Crippen molar-refractivity contribution in [3.8, 4) is 0 Å². The largest absolute Gasteiger partial charge is 0.413 e. The van der Waals surface area contributed by atoms with Gasteiger partial charge in [0.1, 0.15) is 0 Å². The maximum absolute atomic E-state index is 12.5. The van der Waals surface area contributed by atoms with Gasteiger partial charge in [0.05, 0.1) is 12.2 Å². The molecule has 0 aromatic rings. The van der Waals surface area contributed by atoms with Gasteiger partial charge in [0.15, 0.2) is 14.1 Å². The van der Waals surface area contributed by atoms with E-state index in [0.717, 1.165) is 12.0 Å². The number of allylic oxidation sites excluding steroid dienone is 1. The summed E-state index contributed by atoms with van der Waals surface area (Å²) in [5.41, 5.74) is 1.88. The molecule has 0 amide bonds. The molecule has 23 heavy (non-hydrogen) atoms. The number of carbonyl (C=O) groups is 1. The Hall–Kier alpha value is -0.453. The monoisotopic (exact) mass is 340 g/mol. The molecule has 0 aliphatic heterocycles. The Labute approximate surface area is 143 Å². The molecule has 0 spiro atoms. The highest BCUT2D eigenvalue weighted by Gasteiger charge is 2.47. The van der Waals surface area contributed by atoms with Gasteiger partial charge in [-0.1, -0.05) is 40.2 Å². The van der Waals surface area contributed by atoms with E-state index in [9.17, 15) is 9.90 Å². The molecule has 0 fully saturated rings. The third-order valence-corrected chi connectivity index (χ3v) is 10.4. The Balaban J connectivity index is 3.12. The van der Waals surface area contributed by atoms with Crippen molar-refractivity contribution in [2.75, 3.05) is 0 Å². The minimum absolute atomic E-state index is 0.0661. The SMILES string of the molecule is CC1=C(CCC(C)O)C(C)(C)C(O[Si](C)(C)C(C)(C)C)CC1=O. The Kier molecular flexibility index (Phi) is 6.10. The van der Waals surface area contributed by atoms with Crippen LogP contribution < -0.4 is 0 Å². The molecule has 1 aliphatic carbocycles. The van der Waals surface area contributed by atoms with Gasteiger partial charge in [-0.2, -0.15) is 0 Å². The molecule has 0 saturated heterocycles. The number of carbonyl (C=O) groups excluding carboxylic acids is 1. The van der Waals surface area contributed by atoms with Crippen LogP contribution in [0.25, 0.3) is 0 Å². The summed E-state index contributed by atoms with van der Waals surface area (Å²) < 4.78 is 6.64. The van der Waals surface area contributed by atoms with E-state index >= 15 is 0 Å². The van der Waals surface area contributed by atoms with E-state index in [4.69, 9.17) is 4.43 Å². The molecule has 0 bridgehead atoms. The number of hydrogen-bond donors (Lipinski definition) is 1. The van der Waals surface area contributed by atoms with E-state index < -0.39 is 8.32 Å². The number of Topliss-reactive ketones (excluding diaryl/α,β-unsaturated/α-hetero) is 1. The van der Waals surface area contributed by atoms with Gasteiger partial charge in [-0.3, -0.25) is 4.79 Å². The molecule has 1 rings (SSSR count). The third-order valence-electron chi connectivity index (χ3n) is 5.88. The van der Waals surface area contributed by atoms with Crippen LogP contribution in [0.1, 0.15) is 67.7 Å². The second kappa shape index (κ2) is 6.81. The first-order chi connectivity index (χ1) is 10.2. The molecule has 1 aliphatic rings. The number of ketones is 1. The lowest BCUT2D eigenvalue weighted by atomic mass is 9.68. The first-order valence-corrected chi connectivity index (χ1v) is 11.7. The summed E-state index contributed by atoms with van der Waals surface area (Å²) in [5.74, 6) is 0.202. The lowest BCUT2D eigenvalue weighted by Gasteiger charge is -2.47. The summed E-state index contributed by atoms with van der Waals surface area (Å²) in [6.45, 7) is 19.3. The highest BCUT2D eigenvalue weighted by atomic mass is 28.4. The van der Waals surface area contributed by atoms with Gasteiger partial charge < -0.3 is 9.53 Å². The van der Waals surface area contributed by atoms with E-state index in [-0.39, 0.29) is 28.4 Å². The minimum atomic E-state index is -1.93. The Bertz CT molecular complexity index is 481. The molecule has 134 valence electrons. The van der Waals surface area contributed by atoms with E-state index in [0.29, 0.717) is 12.8 Å². The normalized spacial score (nSPS) is 24.1. The topological polar surface area (TPSA) is 46.5 Å². The van der Waals surface area contributed by atoms with Gasteiger partial charge in [-0.05, 0) is 50.4 Å². The first-order valence-electron chi connectivity index (χ1n) is 8.79. The molecule has 0 heterocycles. The van der Waals surface area contributed by atoms with Crippen LogP contribution in [0.5, 0.6) is 0 Å². The van der Waals surface area contributed by atoms with E-state index in [1.54, 1.807) is 6.92 Å². The summed E-state index contributed by atoms with van der Waals surface area (Å²) in [6.07, 6.45) is 1.52. The van der Waals surface area contributed by atoms with E-state index in [2.05, 4.69) is 47.7 Å². The summed E-state index contributed by atoms with van der Waals surface area (Å²) in [7, 11) is -1.93. The van der Waals surface area contributed by atoms with E-state index in [1.807, 2.05) is 6.92 Å². The molecule has 1 N–H and O–H groups in total. The summed E-state index contributed by atoms with van der Waals surface area (Å²) in [5, 5.41) is 9.76. The fourth-order valence-corrected chi connectivity index (χ4v) is 4.45. The Morgan fingerprint density at radius 3 is 2.30 bits per heavy atom. The molecule has 3 nitrogen and oxygen atoms in total. The highest BCUT2D eigenvalue weighted by Crippen LogP contribution is 2.47. The first kappa shape index (κ1) is 20.6. The van der Waals surface area contributed by atoms with Gasteiger partial charge in [0.2, 0.25) is 0 Å². The number of aliphatic hydroxyl groups excluding tert-OH is 1. The smallest absolute Gasteiger partial charge is 0.192 e. The second-order valence-corrected chi connectivity index (χ2v) is 14.0. The molecule has 0 aromatic heterocycles. The standard InChI is InChI=1S/C19H36O3Si/c1-13(20)10-11-15-14(2)16(21)12-17(19(15,6)7)22-23(8,9)18(3,4)5/h13,17,20H,10-12H2,1-9H3. The summed E-state index contributed by atoms with van der Waals surface area (Å²) in [4.78, 5) is 12.5. The molecular weight excluding hydrogens is 304 g/mol. The van der Waals surface area contributed by atoms with Crippen LogP contribution >= 0.6 is 0 Å². The summed E-state index contributed by atoms with van der Waals surface area (Å²) in [6, 6.07) is 0. The van der Waals surface area contributed by atoms with Crippen molar-refractivity contribution in [2.24, 2.45) is 5.41 Å². The zero-order chi connectivity index (χ0) is 18.2. The van der Waals surface area contributed by atoms with Crippen LogP contribution in [-0.4, -0.2) is 31.4 Å². The van der Waals surface area contributed by atoms with Crippen molar-refractivity contribution in [3.63, 3.8) is 0 Å². The second-order valence-electron chi connectivity index (χ2n) is 9.21. The van der Waals surface area contributed by atoms with Gasteiger partial charge in [-0.15, -0.1) is 0 Å². The molecule has 0 radical (unpaired) electrons. The van der Waals surface area contributed by atoms with Crippen molar-refractivity contribution in [2.45, 2.75) is 98.1 Å². The molecule has 2 atom stereocenters. The van der Waals surface area contributed by atoms with Crippen molar-refractivity contribution < 1.29 is 14.3 Å². The molecule has 4 heteroatoms. The predicted molar refractivity (Wildman–Crippen MR) is 99.1 cm³/mol. The van der Waals surface area contributed by atoms with Crippen LogP contribution in [-0.2, 0) is 9.22 Å². The van der Waals surface area contributed by atoms with E-state index in [1.165, 1.54) is 5.57 Å². The third kappa shape index (κ3) is 4.55. The lowest BCUT2D eigenvalue weighted by Crippen LogP contribution is -2.50. The molecule has 2 unspecified atom stereocenters. The average molecular weight is 341 g/mol. The van der Waals surface area contributed by atoms with Crippen molar-refractivity contribution >= 4 is 14.1 Å². The fourth-order valence-electron chi connectivity index (χ4n) is 3.01. The van der Waals surface area contributed by atoms with Gasteiger partial charge in [-0.25, -0.2) is 0 Å². The highest BCUT2D eigenvalue weighted by molar-refractivity contribution is 6.74. The zero-order valence-corrected chi connectivity index (χ0v) is 17.5. The maximum atomic E-state index is 12.5. The van der Waals surface area contributed by atoms with Gasteiger partial charge in [0.25, 0.3) is 0 Å². The van der Waals surface area contributed by atoms with Crippen LogP contribution in [0.2, 0.25) is 18.1 Å². The van der Waals surface area contributed by atoms with Crippen LogP contribution in [0.3, 0.4) is 0 Å². The lowest BCUT2D eigenvalue weighted by molar-refractivity contribution is -0.119. The van der Waals surface area contributed by atoms with Crippen LogP contribution in [0, 0.1) is 5.41 Å². The zero-order valence-electron chi connectivity index (χ0n) is 16.5. The Morgan fingerprint density at radius 1 is 1.35 bits per heavy atom. The molecular formula is C19H36O3Si. The number of hydrogen-bond acceptors (Lipinski definition) is 3. The summed E-state index contributed by atoms with van der Waals surface area (Å²) >= 11 is 0. The van der Waals surface area contributed by atoms with Gasteiger partial charge in [0, 0.05) is 11.8 Å². The molecule has 0 saturated carbocycles. The van der Waals surface area contributed by atoms with Crippen LogP contribution in [0.15, 0.2) is 11.1 Å².